The van der Waals surface area contributed by atoms with Crippen LogP contribution >= 0.6 is 0 Å². The molecule has 40 heavy (non-hydrogen) atoms. The first kappa shape index (κ1) is 18.2. The molecule has 0 saturated heterocycles. The van der Waals surface area contributed by atoms with Crippen LogP contribution in [-0.4, -0.2) is 0 Å². The fraction of sp³-hybridized carbons (Fsp3) is 0. The van der Waals surface area contributed by atoms with E-state index in [0.29, 0.717) is 16.8 Å². The molecule has 0 nitrogen and oxygen atoms in total. The normalized spacial score (nSPS) is 13.2. The maximum Gasteiger partial charge on any atom is 0.0629 e. The molecule has 186 valence electrons. The molecule has 8 rings (SSSR count). The highest BCUT2D eigenvalue weighted by molar-refractivity contribution is 6.24. The summed E-state index contributed by atoms with van der Waals surface area (Å²) >= 11 is 0. The van der Waals surface area contributed by atoms with Crippen molar-refractivity contribution < 1.29 is 6.85 Å². The second-order valence-corrected chi connectivity index (χ2v) is 10.1. The molecule has 0 spiro atoms. The van der Waals surface area contributed by atoms with Gasteiger partial charge in [0, 0.05) is 0 Å². The van der Waals surface area contributed by atoms with Crippen LogP contribution in [0.3, 0.4) is 0 Å². The van der Waals surface area contributed by atoms with Crippen molar-refractivity contribution in [2.24, 2.45) is 0 Å². The van der Waals surface area contributed by atoms with E-state index in [1.807, 2.05) is 48.5 Å². The van der Waals surface area contributed by atoms with Crippen LogP contribution in [0.1, 0.15) is 6.85 Å². The lowest BCUT2D eigenvalue weighted by Crippen LogP contribution is -1.92. The highest BCUT2D eigenvalue weighted by atomic mass is 14.2. The van der Waals surface area contributed by atoms with Crippen LogP contribution in [0.2, 0.25) is 0 Å². The van der Waals surface area contributed by atoms with E-state index in [1.54, 1.807) is 12.1 Å². The fourth-order valence-corrected chi connectivity index (χ4v) is 6.15. The number of benzene rings is 8. The average Bonchev–Trinajstić information content (AvgIpc) is 3.08. The predicted octanol–water partition coefficient (Wildman–Crippen LogP) is 11.3. The van der Waals surface area contributed by atoms with Gasteiger partial charge in [0.2, 0.25) is 0 Å². The van der Waals surface area contributed by atoms with E-state index >= 15 is 0 Å². The van der Waals surface area contributed by atoms with E-state index in [2.05, 4.69) is 66.7 Å². The van der Waals surface area contributed by atoms with Gasteiger partial charge in [-0.3, -0.25) is 0 Å². The zero-order chi connectivity index (χ0) is 30.8. The molecule has 0 atom stereocenters. The Labute approximate surface area is 240 Å². The van der Waals surface area contributed by atoms with Gasteiger partial charge >= 0.3 is 0 Å². The zero-order valence-electron chi connectivity index (χ0n) is 26.6. The molecule has 0 saturated carbocycles. The van der Waals surface area contributed by atoms with Crippen molar-refractivity contribution in [3.05, 3.63) is 158 Å². The van der Waals surface area contributed by atoms with Crippen LogP contribution in [0.4, 0.5) is 0 Å². The molecule has 0 radical (unpaired) electrons. The van der Waals surface area contributed by atoms with Crippen molar-refractivity contribution in [1.82, 2.24) is 0 Å². The van der Waals surface area contributed by atoms with Crippen molar-refractivity contribution in [2.75, 3.05) is 0 Å². The number of rotatable bonds is 3. The molecular weight excluding hydrogens is 480 g/mol. The minimum Gasteiger partial charge on any atom is -0.0622 e. The lowest BCUT2D eigenvalue weighted by atomic mass is 9.84. The first-order valence-electron chi connectivity index (χ1n) is 16.0. The molecule has 0 aliphatic carbocycles. The molecule has 0 aliphatic heterocycles. The summed E-state index contributed by atoms with van der Waals surface area (Å²) in [5.41, 5.74) is 5.46. The van der Waals surface area contributed by atoms with Crippen molar-refractivity contribution >= 4 is 43.1 Å². The Morgan fingerprint density at radius 3 is 1.73 bits per heavy atom. The quantitative estimate of drug-likeness (QED) is 0.207. The van der Waals surface area contributed by atoms with Crippen LogP contribution in [0.25, 0.3) is 76.5 Å². The van der Waals surface area contributed by atoms with Gasteiger partial charge in [-0.1, -0.05) is 152 Å². The topological polar surface area (TPSA) is 0 Å². The Morgan fingerprint density at radius 1 is 0.350 bits per heavy atom. The van der Waals surface area contributed by atoms with E-state index in [4.69, 9.17) is 5.48 Å². The summed E-state index contributed by atoms with van der Waals surface area (Å²) in [5.74, 6) is 0. The summed E-state index contributed by atoms with van der Waals surface area (Å²) in [6.07, 6.45) is 0. The third-order valence-electron chi connectivity index (χ3n) is 7.91. The fourth-order valence-electron chi connectivity index (χ4n) is 6.15. The summed E-state index contributed by atoms with van der Waals surface area (Å²) in [5, 5.41) is 7.21. The smallest absolute Gasteiger partial charge is 0.0622 e. The van der Waals surface area contributed by atoms with E-state index in [1.165, 1.54) is 10.8 Å². The standard InChI is InChI=1S/C40H26/c1-2-13-28(14-3-1)39-35-16-6-8-18-37(35)40(38-19-9-7-17-36(38)39)34-23-11-21-32-31(20-10-22-33(32)34)30-25-24-27-12-4-5-15-29(27)26-30/h1-26H/i1D,6D,8D,16D,18D. The van der Waals surface area contributed by atoms with E-state index in [-0.39, 0.29) is 24.2 Å². The zero-order valence-corrected chi connectivity index (χ0v) is 21.6. The lowest BCUT2D eigenvalue weighted by Gasteiger charge is -2.19. The highest BCUT2D eigenvalue weighted by Crippen LogP contribution is 2.46. The third kappa shape index (κ3) is 3.54. The SMILES string of the molecule is [2H]c1ccc(-c2c3ccccc3c(-c3cccc4c(-c5ccc6ccccc6c5)cccc34)c3c([2H])c([2H])c([2H])c([2H])c23)cc1. The maximum absolute atomic E-state index is 9.23. The second-order valence-electron chi connectivity index (χ2n) is 10.1. The van der Waals surface area contributed by atoms with Crippen molar-refractivity contribution in [3.8, 4) is 33.4 Å². The number of fused-ring (bicyclic) bond motifs is 4. The summed E-state index contributed by atoms with van der Waals surface area (Å²) in [4.78, 5) is 0. The minimum absolute atomic E-state index is 0.0622. The molecule has 0 fully saturated rings. The Bertz CT molecular complexity index is 2480. The predicted molar refractivity (Wildman–Crippen MR) is 173 cm³/mol. The van der Waals surface area contributed by atoms with E-state index in [9.17, 15) is 1.37 Å². The monoisotopic (exact) mass is 511 g/mol. The Balaban J connectivity index is 1.52. The second kappa shape index (κ2) is 9.22. The molecule has 0 bridgehead atoms. The van der Waals surface area contributed by atoms with Gasteiger partial charge < -0.3 is 0 Å². The first-order valence-corrected chi connectivity index (χ1v) is 13.5. The van der Waals surface area contributed by atoms with Crippen molar-refractivity contribution in [3.63, 3.8) is 0 Å². The summed E-state index contributed by atoms with van der Waals surface area (Å²) in [7, 11) is 0. The summed E-state index contributed by atoms with van der Waals surface area (Å²) in [6.45, 7) is 0. The van der Waals surface area contributed by atoms with E-state index in [0.717, 1.165) is 54.9 Å². The maximum atomic E-state index is 9.23. The number of hydrogen-bond acceptors (Lipinski definition) is 0. The highest BCUT2D eigenvalue weighted by Gasteiger charge is 2.18. The van der Waals surface area contributed by atoms with Gasteiger partial charge in [0.05, 0.1) is 6.85 Å². The lowest BCUT2D eigenvalue weighted by molar-refractivity contribution is 1.65. The van der Waals surface area contributed by atoms with Crippen molar-refractivity contribution in [2.45, 2.75) is 0 Å². The van der Waals surface area contributed by atoms with Crippen LogP contribution < -0.4 is 0 Å². The molecule has 8 aromatic rings. The Morgan fingerprint density at radius 2 is 0.950 bits per heavy atom. The van der Waals surface area contributed by atoms with E-state index < -0.39 is 0 Å². The molecule has 8 aromatic carbocycles. The van der Waals surface area contributed by atoms with Crippen LogP contribution in [0.15, 0.2) is 158 Å². The first-order chi connectivity index (χ1) is 21.9. The molecular formula is C40H26. The van der Waals surface area contributed by atoms with Crippen molar-refractivity contribution in [1.29, 1.82) is 0 Å². The molecule has 0 amide bonds. The third-order valence-corrected chi connectivity index (χ3v) is 7.91. The molecule has 0 N–H and O–H groups in total. The van der Waals surface area contributed by atoms with Gasteiger partial charge in [-0.05, 0) is 82.5 Å². The van der Waals surface area contributed by atoms with Crippen LogP contribution in [0, 0.1) is 0 Å². The minimum atomic E-state index is -0.261. The molecule has 0 aliphatic rings. The molecule has 0 aromatic heterocycles. The summed E-state index contributed by atoms with van der Waals surface area (Å²) in [6, 6.07) is 42.3. The molecule has 0 heteroatoms. The van der Waals surface area contributed by atoms with Crippen LogP contribution in [-0.2, 0) is 0 Å². The van der Waals surface area contributed by atoms with Gasteiger partial charge in [0.1, 0.15) is 0 Å². The number of hydrogen-bond donors (Lipinski definition) is 0. The average molecular weight is 512 g/mol. The van der Waals surface area contributed by atoms with Gasteiger partial charge in [-0.15, -0.1) is 0 Å². The van der Waals surface area contributed by atoms with Gasteiger partial charge in [0.15, 0.2) is 0 Å². The summed E-state index contributed by atoms with van der Waals surface area (Å²) < 4.78 is 43.7. The Kier molecular flexibility index (Phi) is 4.18. The van der Waals surface area contributed by atoms with Gasteiger partial charge in [-0.25, -0.2) is 0 Å². The van der Waals surface area contributed by atoms with Gasteiger partial charge in [-0.2, -0.15) is 0 Å². The van der Waals surface area contributed by atoms with Crippen LogP contribution in [0.5, 0.6) is 0 Å². The largest absolute Gasteiger partial charge is 0.0629 e. The van der Waals surface area contributed by atoms with Gasteiger partial charge in [0.25, 0.3) is 0 Å². The Hall–Kier alpha value is -5.20. The molecule has 0 unspecified atom stereocenters. The molecule has 0 heterocycles.